The molecule has 0 radical (unpaired) electrons. The first kappa shape index (κ1) is 14.5. The third-order valence-electron chi connectivity index (χ3n) is 3.22. The second-order valence-electron chi connectivity index (χ2n) is 4.72. The average Bonchev–Trinajstić information content (AvgIpc) is 2.77. The van der Waals surface area contributed by atoms with E-state index in [1.807, 2.05) is 13.1 Å². The first-order valence-corrected chi connectivity index (χ1v) is 7.63. The summed E-state index contributed by atoms with van der Waals surface area (Å²) in [5, 5.41) is 0. The van der Waals surface area contributed by atoms with Crippen LogP contribution in [0.2, 0.25) is 0 Å². The Bertz CT molecular complexity index is 735. The van der Waals surface area contributed by atoms with Crippen molar-refractivity contribution >= 4 is 15.7 Å². The summed E-state index contributed by atoms with van der Waals surface area (Å²) in [4.78, 5) is 4.22. The van der Waals surface area contributed by atoms with Gasteiger partial charge in [0.05, 0.1) is 12.2 Å². The van der Waals surface area contributed by atoms with Crippen molar-refractivity contribution < 1.29 is 8.42 Å². The van der Waals surface area contributed by atoms with E-state index in [2.05, 4.69) is 9.71 Å². The second kappa shape index (κ2) is 5.26. The van der Waals surface area contributed by atoms with Crippen LogP contribution in [0.4, 0.5) is 5.69 Å². The largest absolute Gasteiger partial charge is 0.397 e. The van der Waals surface area contributed by atoms with Crippen molar-refractivity contribution in [2.45, 2.75) is 25.3 Å². The highest BCUT2D eigenvalue weighted by Gasteiger charge is 2.21. The molecule has 20 heavy (non-hydrogen) atoms. The van der Waals surface area contributed by atoms with Crippen LogP contribution in [-0.2, 0) is 23.6 Å². The van der Waals surface area contributed by atoms with Gasteiger partial charge in [0.2, 0.25) is 10.0 Å². The molecule has 0 bridgehead atoms. The zero-order chi connectivity index (χ0) is 14.9. The van der Waals surface area contributed by atoms with Gasteiger partial charge in [0.15, 0.2) is 0 Å². The Labute approximate surface area is 118 Å². The molecule has 2 rings (SSSR count). The van der Waals surface area contributed by atoms with E-state index in [0.717, 1.165) is 5.56 Å². The standard InChI is InChI=1S/C13H18N4O2S/c1-9-4-5-10(2)13(12(9)14)20(18,19)16-8-11-15-6-7-17(11)3/h4-7,16H,8,14H2,1-3H3. The van der Waals surface area contributed by atoms with Gasteiger partial charge in [-0.1, -0.05) is 12.1 Å². The Morgan fingerprint density at radius 1 is 1.30 bits per heavy atom. The molecular weight excluding hydrogens is 276 g/mol. The number of benzene rings is 1. The number of aromatic nitrogens is 2. The predicted octanol–water partition coefficient (Wildman–Crippen LogP) is 1.10. The first-order valence-electron chi connectivity index (χ1n) is 6.14. The monoisotopic (exact) mass is 294 g/mol. The highest BCUT2D eigenvalue weighted by molar-refractivity contribution is 7.89. The molecule has 108 valence electrons. The molecule has 0 atom stereocenters. The van der Waals surface area contributed by atoms with Crippen LogP contribution >= 0.6 is 0 Å². The minimum atomic E-state index is -3.67. The van der Waals surface area contributed by atoms with E-state index in [0.29, 0.717) is 11.4 Å². The van der Waals surface area contributed by atoms with Gasteiger partial charge >= 0.3 is 0 Å². The number of imidazole rings is 1. The number of nitrogens with two attached hydrogens (primary N) is 1. The summed E-state index contributed by atoms with van der Waals surface area (Å²) in [5.41, 5.74) is 7.57. The van der Waals surface area contributed by atoms with E-state index >= 15 is 0 Å². The maximum Gasteiger partial charge on any atom is 0.243 e. The van der Waals surface area contributed by atoms with Crippen molar-refractivity contribution in [1.29, 1.82) is 0 Å². The molecule has 0 aliphatic rings. The van der Waals surface area contributed by atoms with E-state index in [4.69, 9.17) is 5.73 Å². The minimum Gasteiger partial charge on any atom is -0.397 e. The lowest BCUT2D eigenvalue weighted by Crippen LogP contribution is -2.26. The number of nitrogen functional groups attached to an aromatic ring is 1. The van der Waals surface area contributed by atoms with E-state index in [1.165, 1.54) is 0 Å². The van der Waals surface area contributed by atoms with E-state index in [9.17, 15) is 8.42 Å². The van der Waals surface area contributed by atoms with Crippen LogP contribution in [0.1, 0.15) is 17.0 Å². The molecule has 0 amide bonds. The number of nitrogens with zero attached hydrogens (tertiary/aromatic N) is 2. The first-order chi connectivity index (χ1) is 9.33. The summed E-state index contributed by atoms with van der Waals surface area (Å²) >= 11 is 0. The lowest BCUT2D eigenvalue weighted by Gasteiger charge is -2.13. The van der Waals surface area contributed by atoms with Crippen LogP contribution in [0.25, 0.3) is 0 Å². The van der Waals surface area contributed by atoms with Crippen molar-refractivity contribution in [3.05, 3.63) is 41.5 Å². The molecule has 1 aromatic heterocycles. The second-order valence-corrected chi connectivity index (χ2v) is 6.42. The van der Waals surface area contributed by atoms with Crippen molar-refractivity contribution in [2.75, 3.05) is 5.73 Å². The number of aryl methyl sites for hydroxylation is 3. The van der Waals surface area contributed by atoms with Gasteiger partial charge in [-0.2, -0.15) is 0 Å². The summed E-state index contributed by atoms with van der Waals surface area (Å²) in [5.74, 6) is 0.637. The molecule has 0 unspecified atom stereocenters. The average molecular weight is 294 g/mol. The molecule has 0 aliphatic carbocycles. The van der Waals surface area contributed by atoms with Crippen molar-refractivity contribution in [1.82, 2.24) is 14.3 Å². The van der Waals surface area contributed by atoms with Gasteiger partial charge in [0, 0.05) is 19.4 Å². The molecule has 1 heterocycles. The summed E-state index contributed by atoms with van der Waals surface area (Å²) < 4.78 is 29.1. The number of hydrogen-bond donors (Lipinski definition) is 2. The zero-order valence-electron chi connectivity index (χ0n) is 11.7. The summed E-state index contributed by atoms with van der Waals surface area (Å²) in [6.07, 6.45) is 3.38. The van der Waals surface area contributed by atoms with Crippen molar-refractivity contribution in [3.63, 3.8) is 0 Å². The zero-order valence-corrected chi connectivity index (χ0v) is 12.5. The lowest BCUT2D eigenvalue weighted by molar-refractivity contribution is 0.577. The lowest BCUT2D eigenvalue weighted by atomic mass is 10.1. The third-order valence-corrected chi connectivity index (χ3v) is 4.82. The Morgan fingerprint density at radius 3 is 2.55 bits per heavy atom. The maximum atomic E-state index is 12.4. The fraction of sp³-hybridized carbons (Fsp3) is 0.308. The number of rotatable bonds is 4. The van der Waals surface area contributed by atoms with Gasteiger partial charge in [-0.05, 0) is 25.0 Å². The Balaban J connectivity index is 2.32. The minimum absolute atomic E-state index is 0.124. The molecule has 7 heteroatoms. The SMILES string of the molecule is Cc1ccc(C)c(S(=O)(=O)NCc2nccn2C)c1N. The topological polar surface area (TPSA) is 90.0 Å². The van der Waals surface area contributed by atoms with E-state index in [-0.39, 0.29) is 17.1 Å². The molecular formula is C13H18N4O2S. The molecule has 0 saturated heterocycles. The Hall–Kier alpha value is -1.86. The van der Waals surface area contributed by atoms with Gasteiger partial charge in [-0.3, -0.25) is 0 Å². The van der Waals surface area contributed by atoms with Crippen molar-refractivity contribution in [2.24, 2.45) is 7.05 Å². The normalized spacial score (nSPS) is 11.8. The van der Waals surface area contributed by atoms with Crippen LogP contribution in [0.5, 0.6) is 0 Å². The molecule has 0 saturated carbocycles. The molecule has 0 spiro atoms. The number of hydrogen-bond acceptors (Lipinski definition) is 4. The van der Waals surface area contributed by atoms with Crippen molar-refractivity contribution in [3.8, 4) is 0 Å². The van der Waals surface area contributed by atoms with Gasteiger partial charge in [0.1, 0.15) is 10.7 Å². The van der Waals surface area contributed by atoms with Crippen LogP contribution in [0.15, 0.2) is 29.4 Å². The quantitative estimate of drug-likeness (QED) is 0.826. The highest BCUT2D eigenvalue weighted by Crippen LogP contribution is 2.25. The third kappa shape index (κ3) is 2.68. The molecule has 0 aliphatic heterocycles. The number of sulfonamides is 1. The Kier molecular flexibility index (Phi) is 3.82. The van der Waals surface area contributed by atoms with Crippen LogP contribution < -0.4 is 10.5 Å². The molecule has 6 nitrogen and oxygen atoms in total. The molecule has 2 aromatic rings. The highest BCUT2D eigenvalue weighted by atomic mass is 32.2. The molecule has 0 fully saturated rings. The number of anilines is 1. The smallest absolute Gasteiger partial charge is 0.243 e. The molecule has 1 aromatic carbocycles. The van der Waals surface area contributed by atoms with Gasteiger partial charge in [0.25, 0.3) is 0 Å². The van der Waals surface area contributed by atoms with Gasteiger partial charge < -0.3 is 10.3 Å². The van der Waals surface area contributed by atoms with Crippen LogP contribution in [-0.4, -0.2) is 18.0 Å². The fourth-order valence-corrected chi connectivity index (χ4v) is 3.37. The van der Waals surface area contributed by atoms with E-state index in [1.54, 1.807) is 36.9 Å². The Morgan fingerprint density at radius 2 is 1.95 bits per heavy atom. The van der Waals surface area contributed by atoms with Gasteiger partial charge in [-0.25, -0.2) is 18.1 Å². The maximum absolute atomic E-state index is 12.4. The summed E-state index contributed by atoms with van der Waals surface area (Å²) in [6.45, 7) is 3.64. The summed E-state index contributed by atoms with van der Waals surface area (Å²) in [6, 6.07) is 3.56. The van der Waals surface area contributed by atoms with Crippen LogP contribution in [0.3, 0.4) is 0 Å². The fourth-order valence-electron chi connectivity index (χ4n) is 1.96. The molecule has 3 N–H and O–H groups in total. The van der Waals surface area contributed by atoms with E-state index < -0.39 is 10.0 Å². The summed E-state index contributed by atoms with van der Waals surface area (Å²) in [7, 11) is -1.86. The predicted molar refractivity (Wildman–Crippen MR) is 77.6 cm³/mol. The van der Waals surface area contributed by atoms with Crippen LogP contribution in [0, 0.1) is 13.8 Å². The number of nitrogens with one attached hydrogen (secondary N) is 1. The van der Waals surface area contributed by atoms with Gasteiger partial charge in [-0.15, -0.1) is 0 Å².